The summed E-state index contributed by atoms with van der Waals surface area (Å²) in [6, 6.07) is 0. The fourth-order valence-corrected chi connectivity index (χ4v) is 1.45. The molecule has 0 amide bonds. The van der Waals surface area contributed by atoms with E-state index in [-0.39, 0.29) is 23.0 Å². The molecule has 0 bridgehead atoms. The van der Waals surface area contributed by atoms with Gasteiger partial charge in [0, 0.05) is 0 Å². The molecule has 6 nitrogen and oxygen atoms in total. The summed E-state index contributed by atoms with van der Waals surface area (Å²) < 4.78 is 0. The van der Waals surface area contributed by atoms with Crippen LogP contribution in [0.5, 0.6) is 0 Å². The van der Waals surface area contributed by atoms with Crippen LogP contribution in [0.15, 0.2) is 11.4 Å². The number of allylic oxidation sites excluding steroid dienone is 1. The average Bonchev–Trinajstić information content (AvgIpc) is 2.01. The fraction of sp³-hybridized carbons (Fsp3) is 0.714. The maximum absolute atomic E-state index is 10.7. The molecule has 6 heteroatoms. The summed E-state index contributed by atoms with van der Waals surface area (Å²) in [5.41, 5.74) is 0.760. The summed E-state index contributed by atoms with van der Waals surface area (Å²) in [6.07, 6.45) is -0.340. The Morgan fingerprint density at radius 3 is 2.69 bits per heavy atom. The van der Waals surface area contributed by atoms with Gasteiger partial charge in [0.1, 0.15) is 0 Å². The molecule has 2 atom stereocenters. The standard InChI is InChI=1S/C7H14N4O2/c1-4-6(11(12)13)7(8-3)10-5(2)9-4/h5,7-10H,1-3H3. The van der Waals surface area contributed by atoms with Crippen molar-refractivity contribution in [2.45, 2.75) is 26.2 Å². The Morgan fingerprint density at radius 1 is 1.62 bits per heavy atom. The van der Waals surface area contributed by atoms with Crippen molar-refractivity contribution in [1.29, 1.82) is 0 Å². The monoisotopic (exact) mass is 186 g/mol. The molecule has 0 spiro atoms. The quantitative estimate of drug-likeness (QED) is 0.403. The lowest BCUT2D eigenvalue weighted by molar-refractivity contribution is -0.434. The maximum atomic E-state index is 10.7. The van der Waals surface area contributed by atoms with Gasteiger partial charge >= 0.3 is 0 Å². The molecule has 13 heavy (non-hydrogen) atoms. The van der Waals surface area contributed by atoms with Crippen LogP contribution in [-0.4, -0.2) is 24.3 Å². The molecule has 0 saturated carbocycles. The lowest BCUT2D eigenvalue weighted by atomic mass is 10.2. The maximum Gasteiger partial charge on any atom is 0.295 e. The zero-order valence-electron chi connectivity index (χ0n) is 7.92. The Bertz CT molecular complexity index is 251. The highest BCUT2D eigenvalue weighted by Crippen LogP contribution is 2.11. The second-order valence-corrected chi connectivity index (χ2v) is 3.02. The minimum atomic E-state index is -0.383. The van der Waals surface area contributed by atoms with Crippen LogP contribution < -0.4 is 16.0 Å². The summed E-state index contributed by atoms with van der Waals surface area (Å²) in [5, 5.41) is 19.5. The fourth-order valence-electron chi connectivity index (χ4n) is 1.45. The minimum absolute atomic E-state index is 0.0427. The van der Waals surface area contributed by atoms with E-state index < -0.39 is 0 Å². The Labute approximate surface area is 76.5 Å². The minimum Gasteiger partial charge on any atom is -0.368 e. The van der Waals surface area contributed by atoms with Gasteiger partial charge in [-0.15, -0.1) is 0 Å². The lowest BCUT2D eigenvalue weighted by Gasteiger charge is -2.28. The molecule has 1 aliphatic heterocycles. The van der Waals surface area contributed by atoms with Gasteiger partial charge in [0.25, 0.3) is 5.70 Å². The SMILES string of the molecule is CNC1NC(C)NC(C)=C1[N+](=O)[O-]. The van der Waals surface area contributed by atoms with Gasteiger partial charge in [-0.25, -0.2) is 0 Å². The van der Waals surface area contributed by atoms with E-state index in [1.807, 2.05) is 6.92 Å². The van der Waals surface area contributed by atoms with Crippen molar-refractivity contribution < 1.29 is 4.92 Å². The van der Waals surface area contributed by atoms with E-state index in [0.717, 1.165) is 0 Å². The Hall–Kier alpha value is -1.14. The van der Waals surface area contributed by atoms with Gasteiger partial charge in [0.15, 0.2) is 6.17 Å². The van der Waals surface area contributed by atoms with Crippen LogP contribution in [0.2, 0.25) is 0 Å². The highest BCUT2D eigenvalue weighted by Gasteiger charge is 2.31. The molecule has 0 aromatic heterocycles. The van der Waals surface area contributed by atoms with Crippen LogP contribution in [0.4, 0.5) is 0 Å². The smallest absolute Gasteiger partial charge is 0.295 e. The molecule has 3 N–H and O–H groups in total. The second-order valence-electron chi connectivity index (χ2n) is 3.02. The first-order valence-electron chi connectivity index (χ1n) is 4.11. The topological polar surface area (TPSA) is 79.2 Å². The first-order chi connectivity index (χ1) is 6.06. The van der Waals surface area contributed by atoms with Crippen molar-refractivity contribution in [3.63, 3.8) is 0 Å². The van der Waals surface area contributed by atoms with Gasteiger partial charge < -0.3 is 5.32 Å². The molecular formula is C7H14N4O2. The molecule has 74 valence electrons. The van der Waals surface area contributed by atoms with Gasteiger partial charge in [0.05, 0.1) is 16.8 Å². The number of hydrogen-bond donors (Lipinski definition) is 3. The Balaban J connectivity index is 2.95. The molecule has 0 aliphatic carbocycles. The largest absolute Gasteiger partial charge is 0.368 e. The van der Waals surface area contributed by atoms with E-state index in [9.17, 15) is 10.1 Å². The molecule has 0 aromatic rings. The predicted octanol–water partition coefficient (Wildman–Crippen LogP) is -0.421. The number of nitro groups is 1. The van der Waals surface area contributed by atoms with E-state index in [1.165, 1.54) is 0 Å². The van der Waals surface area contributed by atoms with Crippen molar-refractivity contribution in [1.82, 2.24) is 16.0 Å². The van der Waals surface area contributed by atoms with Gasteiger partial charge in [0.2, 0.25) is 0 Å². The average molecular weight is 186 g/mol. The number of rotatable bonds is 2. The van der Waals surface area contributed by atoms with E-state index in [2.05, 4.69) is 16.0 Å². The van der Waals surface area contributed by atoms with Crippen molar-refractivity contribution >= 4 is 0 Å². The molecule has 2 unspecified atom stereocenters. The van der Waals surface area contributed by atoms with E-state index >= 15 is 0 Å². The molecule has 1 rings (SSSR count). The highest BCUT2D eigenvalue weighted by molar-refractivity contribution is 5.13. The molecule has 1 heterocycles. The van der Waals surface area contributed by atoms with Crippen LogP contribution in [0.1, 0.15) is 13.8 Å². The summed E-state index contributed by atoms with van der Waals surface area (Å²) in [6.45, 7) is 3.62. The predicted molar refractivity (Wildman–Crippen MR) is 48.3 cm³/mol. The summed E-state index contributed by atoms with van der Waals surface area (Å²) in [4.78, 5) is 10.3. The lowest BCUT2D eigenvalue weighted by Crippen LogP contribution is -2.57. The highest BCUT2D eigenvalue weighted by atomic mass is 16.6. The summed E-state index contributed by atoms with van der Waals surface area (Å²) in [5.74, 6) is 0. The van der Waals surface area contributed by atoms with Gasteiger partial charge in [-0.05, 0) is 20.9 Å². The van der Waals surface area contributed by atoms with Crippen molar-refractivity contribution in [2.24, 2.45) is 0 Å². The zero-order valence-corrected chi connectivity index (χ0v) is 7.92. The van der Waals surface area contributed by atoms with Crippen LogP contribution in [0, 0.1) is 10.1 Å². The normalized spacial score (nSPS) is 28.5. The summed E-state index contributed by atoms with van der Waals surface area (Å²) >= 11 is 0. The number of likely N-dealkylation sites (N-methyl/N-ethyl adjacent to an activating group) is 1. The zero-order chi connectivity index (χ0) is 10.0. The first-order valence-corrected chi connectivity index (χ1v) is 4.11. The molecular weight excluding hydrogens is 172 g/mol. The van der Waals surface area contributed by atoms with Crippen LogP contribution >= 0.6 is 0 Å². The van der Waals surface area contributed by atoms with E-state index in [0.29, 0.717) is 5.70 Å². The number of hydrogen-bond acceptors (Lipinski definition) is 5. The van der Waals surface area contributed by atoms with Crippen molar-refractivity contribution in [2.75, 3.05) is 7.05 Å². The van der Waals surface area contributed by atoms with Crippen molar-refractivity contribution in [3.8, 4) is 0 Å². The van der Waals surface area contributed by atoms with Gasteiger partial charge in [-0.2, -0.15) is 0 Å². The number of nitrogens with one attached hydrogen (secondary N) is 3. The van der Waals surface area contributed by atoms with E-state index in [4.69, 9.17) is 0 Å². The molecule has 0 saturated heterocycles. The van der Waals surface area contributed by atoms with Crippen LogP contribution in [0.25, 0.3) is 0 Å². The van der Waals surface area contributed by atoms with Gasteiger partial charge in [-0.1, -0.05) is 0 Å². The first kappa shape index (κ1) is 9.94. The molecule has 0 radical (unpaired) electrons. The Morgan fingerprint density at radius 2 is 2.23 bits per heavy atom. The van der Waals surface area contributed by atoms with Gasteiger partial charge in [-0.3, -0.25) is 20.7 Å². The second kappa shape index (κ2) is 3.71. The third-order valence-corrected chi connectivity index (χ3v) is 1.99. The Kier molecular flexibility index (Phi) is 2.84. The van der Waals surface area contributed by atoms with Crippen LogP contribution in [-0.2, 0) is 0 Å². The third-order valence-electron chi connectivity index (χ3n) is 1.99. The number of nitrogens with zero attached hydrogens (tertiary/aromatic N) is 1. The molecule has 1 aliphatic rings. The van der Waals surface area contributed by atoms with E-state index in [1.54, 1.807) is 14.0 Å². The van der Waals surface area contributed by atoms with Crippen molar-refractivity contribution in [3.05, 3.63) is 21.5 Å². The molecule has 0 aromatic carbocycles. The summed E-state index contributed by atoms with van der Waals surface area (Å²) in [7, 11) is 1.69. The van der Waals surface area contributed by atoms with Crippen LogP contribution in [0.3, 0.4) is 0 Å². The third kappa shape index (κ3) is 1.96. The molecule has 0 fully saturated rings.